The maximum absolute atomic E-state index is 11.5. The zero-order chi connectivity index (χ0) is 16.2. The molecule has 7 heteroatoms. The molecule has 2 aromatic heterocycles. The summed E-state index contributed by atoms with van der Waals surface area (Å²) >= 11 is 0. The second-order valence-electron chi connectivity index (χ2n) is 4.73. The van der Waals surface area contributed by atoms with Gasteiger partial charge in [-0.05, 0) is 30.7 Å². The lowest BCUT2D eigenvalue weighted by atomic mass is 10.0. The van der Waals surface area contributed by atoms with E-state index in [-0.39, 0.29) is 6.01 Å². The number of urea groups is 1. The first kappa shape index (κ1) is 14.5. The van der Waals surface area contributed by atoms with E-state index in [4.69, 9.17) is 4.42 Å². The lowest BCUT2D eigenvalue weighted by molar-refractivity contribution is 0.252. The summed E-state index contributed by atoms with van der Waals surface area (Å²) < 4.78 is 5.48. The predicted molar refractivity (Wildman–Crippen MR) is 84.7 cm³/mol. The molecule has 0 bridgehead atoms. The first-order chi connectivity index (χ1) is 11.2. The summed E-state index contributed by atoms with van der Waals surface area (Å²) in [6.45, 7) is 2.29. The molecule has 23 heavy (non-hydrogen) atoms. The van der Waals surface area contributed by atoms with Gasteiger partial charge in [-0.3, -0.25) is 10.3 Å². The van der Waals surface area contributed by atoms with Crippen molar-refractivity contribution < 1.29 is 9.21 Å². The van der Waals surface area contributed by atoms with Gasteiger partial charge in [0.1, 0.15) is 11.6 Å². The van der Waals surface area contributed by atoms with Crippen LogP contribution in [0.1, 0.15) is 12.5 Å². The van der Waals surface area contributed by atoms with Crippen LogP contribution in [0.3, 0.4) is 0 Å². The fraction of sp³-hybridized carbons (Fsp3) is 0.125. The fourth-order valence-electron chi connectivity index (χ4n) is 2.17. The van der Waals surface area contributed by atoms with Crippen molar-refractivity contribution in [3.63, 3.8) is 0 Å². The van der Waals surface area contributed by atoms with Crippen molar-refractivity contribution in [3.8, 4) is 17.2 Å². The Morgan fingerprint density at radius 1 is 1.39 bits per heavy atom. The normalized spacial score (nSPS) is 10.3. The van der Waals surface area contributed by atoms with E-state index in [9.17, 15) is 10.1 Å². The van der Waals surface area contributed by atoms with Crippen molar-refractivity contribution in [2.45, 2.75) is 6.92 Å². The third-order valence-electron chi connectivity index (χ3n) is 3.16. The van der Waals surface area contributed by atoms with Crippen LogP contribution in [0.5, 0.6) is 0 Å². The van der Waals surface area contributed by atoms with Crippen LogP contribution in [0.25, 0.3) is 22.2 Å². The number of benzene rings is 1. The summed E-state index contributed by atoms with van der Waals surface area (Å²) in [5, 5.41) is 14.4. The lowest BCUT2D eigenvalue weighted by Gasteiger charge is -2.01. The van der Waals surface area contributed by atoms with Gasteiger partial charge >= 0.3 is 12.0 Å². The van der Waals surface area contributed by atoms with Crippen LogP contribution in [-0.2, 0) is 0 Å². The summed E-state index contributed by atoms with van der Waals surface area (Å²) in [5.74, 6) is 0. The maximum atomic E-state index is 11.5. The molecular formula is C16H13N5O2. The number of aromatic nitrogens is 2. The first-order valence-corrected chi connectivity index (χ1v) is 7.01. The van der Waals surface area contributed by atoms with Gasteiger partial charge in [0.15, 0.2) is 5.58 Å². The topological polar surface area (TPSA) is 104 Å². The highest BCUT2D eigenvalue weighted by Crippen LogP contribution is 2.29. The number of fused-ring (bicyclic) bond motifs is 1. The van der Waals surface area contributed by atoms with Gasteiger partial charge in [0.2, 0.25) is 0 Å². The fourth-order valence-corrected chi connectivity index (χ4v) is 2.17. The number of amides is 2. The number of nitrogens with one attached hydrogen (secondary N) is 2. The van der Waals surface area contributed by atoms with Gasteiger partial charge < -0.3 is 9.73 Å². The molecule has 114 valence electrons. The third-order valence-corrected chi connectivity index (χ3v) is 3.16. The Balaban J connectivity index is 2.04. The van der Waals surface area contributed by atoms with Crippen molar-refractivity contribution in [1.29, 1.82) is 5.26 Å². The Hall–Kier alpha value is -3.40. The zero-order valence-corrected chi connectivity index (χ0v) is 12.3. The molecule has 2 N–H and O–H groups in total. The SMILES string of the molecule is CCNC(=O)Nc1nc2cc(-c3cccnc3)cc(C#N)c2o1. The van der Waals surface area contributed by atoms with Crippen molar-refractivity contribution in [2.24, 2.45) is 0 Å². The molecule has 1 aromatic carbocycles. The molecule has 0 saturated carbocycles. The second kappa shape index (κ2) is 6.15. The highest BCUT2D eigenvalue weighted by molar-refractivity contribution is 5.91. The van der Waals surface area contributed by atoms with Gasteiger partial charge in [0.05, 0.1) is 5.56 Å². The Morgan fingerprint density at radius 3 is 2.96 bits per heavy atom. The minimum Gasteiger partial charge on any atom is -0.422 e. The van der Waals surface area contributed by atoms with Gasteiger partial charge in [-0.15, -0.1) is 0 Å². The molecule has 0 aliphatic heterocycles. The van der Waals surface area contributed by atoms with E-state index in [0.29, 0.717) is 23.2 Å². The third kappa shape index (κ3) is 2.96. The van der Waals surface area contributed by atoms with Crippen molar-refractivity contribution >= 4 is 23.1 Å². The molecule has 3 rings (SSSR count). The zero-order valence-electron chi connectivity index (χ0n) is 12.3. The highest BCUT2D eigenvalue weighted by Gasteiger charge is 2.14. The number of nitriles is 1. The number of oxazole rings is 1. The number of rotatable bonds is 3. The minimum absolute atomic E-state index is 0.0470. The van der Waals surface area contributed by atoms with E-state index < -0.39 is 6.03 Å². The van der Waals surface area contributed by atoms with E-state index in [1.165, 1.54) is 0 Å². The van der Waals surface area contributed by atoms with Crippen LogP contribution in [0, 0.1) is 11.3 Å². The number of carbonyl (C=O) groups is 1. The van der Waals surface area contributed by atoms with Gasteiger partial charge in [-0.25, -0.2) is 4.79 Å². The molecule has 0 aliphatic rings. The average molecular weight is 307 g/mol. The van der Waals surface area contributed by atoms with Crippen LogP contribution >= 0.6 is 0 Å². The Labute approximate surface area is 132 Å². The average Bonchev–Trinajstić information content (AvgIpc) is 2.97. The van der Waals surface area contributed by atoms with E-state index in [1.807, 2.05) is 12.1 Å². The molecular weight excluding hydrogens is 294 g/mol. The van der Waals surface area contributed by atoms with Crippen LogP contribution in [0.2, 0.25) is 0 Å². The Bertz CT molecular complexity index is 896. The van der Waals surface area contributed by atoms with Gasteiger partial charge in [0, 0.05) is 24.5 Å². The molecule has 0 unspecified atom stereocenters. The van der Waals surface area contributed by atoms with Crippen molar-refractivity contribution in [1.82, 2.24) is 15.3 Å². The summed E-state index contributed by atoms with van der Waals surface area (Å²) in [5.41, 5.74) is 2.85. The van der Waals surface area contributed by atoms with E-state index in [0.717, 1.165) is 11.1 Å². The molecule has 2 amide bonds. The number of carbonyl (C=O) groups excluding carboxylic acids is 1. The van der Waals surface area contributed by atoms with Gasteiger partial charge in [0.25, 0.3) is 0 Å². The smallest absolute Gasteiger partial charge is 0.322 e. The number of hydrogen-bond donors (Lipinski definition) is 2. The molecule has 3 aromatic rings. The van der Waals surface area contributed by atoms with Gasteiger partial charge in [-0.2, -0.15) is 10.2 Å². The Kier molecular flexibility index (Phi) is 3.89. The van der Waals surface area contributed by atoms with Crippen LogP contribution in [0.4, 0.5) is 10.8 Å². The minimum atomic E-state index is -0.412. The quantitative estimate of drug-likeness (QED) is 0.774. The lowest BCUT2D eigenvalue weighted by Crippen LogP contribution is -2.28. The molecule has 0 atom stereocenters. The number of nitrogens with zero attached hydrogens (tertiary/aromatic N) is 3. The predicted octanol–water partition coefficient (Wildman–Crippen LogP) is 2.90. The standard InChI is InChI=1S/C16H13N5O2/c1-2-19-15(22)21-16-20-13-7-11(10-4-3-5-18-9-10)6-12(8-17)14(13)23-16/h3-7,9H,2H2,1H3,(H2,19,20,21,22). The monoisotopic (exact) mass is 307 g/mol. The number of hydrogen-bond acceptors (Lipinski definition) is 5. The van der Waals surface area contributed by atoms with Crippen LogP contribution < -0.4 is 10.6 Å². The van der Waals surface area contributed by atoms with Crippen LogP contribution in [-0.4, -0.2) is 22.5 Å². The first-order valence-electron chi connectivity index (χ1n) is 7.01. The molecule has 7 nitrogen and oxygen atoms in total. The van der Waals surface area contributed by atoms with Crippen molar-refractivity contribution in [3.05, 3.63) is 42.2 Å². The number of pyridine rings is 1. The van der Waals surface area contributed by atoms with Crippen LogP contribution in [0.15, 0.2) is 41.1 Å². The van der Waals surface area contributed by atoms with Crippen molar-refractivity contribution in [2.75, 3.05) is 11.9 Å². The second-order valence-corrected chi connectivity index (χ2v) is 4.73. The van der Waals surface area contributed by atoms with E-state index in [1.54, 1.807) is 31.5 Å². The molecule has 0 aliphatic carbocycles. The van der Waals surface area contributed by atoms with Gasteiger partial charge in [-0.1, -0.05) is 6.07 Å². The summed E-state index contributed by atoms with van der Waals surface area (Å²) in [6, 6.07) is 8.93. The van der Waals surface area contributed by atoms with E-state index >= 15 is 0 Å². The largest absolute Gasteiger partial charge is 0.422 e. The summed E-state index contributed by atoms with van der Waals surface area (Å²) in [7, 11) is 0. The maximum Gasteiger partial charge on any atom is 0.322 e. The highest BCUT2D eigenvalue weighted by atomic mass is 16.4. The molecule has 0 radical (unpaired) electrons. The molecule has 0 fully saturated rings. The molecule has 2 heterocycles. The Morgan fingerprint density at radius 2 is 2.26 bits per heavy atom. The number of anilines is 1. The summed E-state index contributed by atoms with van der Waals surface area (Å²) in [4.78, 5) is 19.8. The summed E-state index contributed by atoms with van der Waals surface area (Å²) in [6.07, 6.45) is 3.38. The van der Waals surface area contributed by atoms with E-state index in [2.05, 4.69) is 26.7 Å². The molecule has 0 spiro atoms. The molecule has 0 saturated heterocycles.